The molecule has 94 valence electrons. The minimum atomic E-state index is -0.419. The molecule has 0 aromatic heterocycles. The maximum absolute atomic E-state index is 13.4. The first kappa shape index (κ1) is 12.5. The van der Waals surface area contributed by atoms with E-state index in [1.165, 1.54) is 6.07 Å². The number of benzene rings is 1. The van der Waals surface area contributed by atoms with Crippen LogP contribution in [0.1, 0.15) is 18.4 Å². The Hall–Kier alpha value is -1.00. The van der Waals surface area contributed by atoms with E-state index in [-0.39, 0.29) is 11.9 Å². The molecule has 0 radical (unpaired) electrons. The number of hydrogen-bond donors (Lipinski definition) is 1. The van der Waals surface area contributed by atoms with Gasteiger partial charge in [-0.05, 0) is 48.9 Å². The lowest BCUT2D eigenvalue weighted by Crippen LogP contribution is -2.26. The molecule has 0 spiro atoms. The summed E-state index contributed by atoms with van der Waals surface area (Å²) in [6.07, 6.45) is 2.19. The molecule has 2 nitrogen and oxygen atoms in total. The number of nitrogens with two attached hydrogens (primary N) is 1. The second-order valence-corrected chi connectivity index (χ2v) is 4.67. The Kier molecular flexibility index (Phi) is 4.07. The normalized spacial score (nSPS) is 21.7. The summed E-state index contributed by atoms with van der Waals surface area (Å²) in [6, 6.07) is 3.35. The molecule has 17 heavy (non-hydrogen) atoms. The Morgan fingerprint density at radius 2 is 2.24 bits per heavy atom. The van der Waals surface area contributed by atoms with Gasteiger partial charge in [0.1, 0.15) is 11.6 Å². The zero-order valence-corrected chi connectivity index (χ0v) is 9.66. The Labute approximate surface area is 99.8 Å². The summed E-state index contributed by atoms with van der Waals surface area (Å²) < 4.78 is 31.6. The smallest absolute Gasteiger partial charge is 0.126 e. The summed E-state index contributed by atoms with van der Waals surface area (Å²) in [5.74, 6) is -0.344. The van der Waals surface area contributed by atoms with Crippen molar-refractivity contribution in [2.75, 3.05) is 13.2 Å². The number of halogens is 2. The van der Waals surface area contributed by atoms with Crippen LogP contribution in [0.15, 0.2) is 18.2 Å². The molecule has 2 unspecified atom stereocenters. The van der Waals surface area contributed by atoms with E-state index in [0.717, 1.165) is 38.2 Å². The van der Waals surface area contributed by atoms with Crippen LogP contribution < -0.4 is 5.73 Å². The molecule has 2 N–H and O–H groups in total. The molecule has 1 aromatic carbocycles. The largest absolute Gasteiger partial charge is 0.381 e. The van der Waals surface area contributed by atoms with Crippen LogP contribution in [0.25, 0.3) is 0 Å². The topological polar surface area (TPSA) is 35.2 Å². The van der Waals surface area contributed by atoms with Gasteiger partial charge in [-0.2, -0.15) is 0 Å². The lowest BCUT2D eigenvalue weighted by atomic mass is 9.95. The van der Waals surface area contributed by atoms with Crippen molar-refractivity contribution < 1.29 is 13.5 Å². The van der Waals surface area contributed by atoms with E-state index in [1.807, 2.05) is 0 Å². The lowest BCUT2D eigenvalue weighted by molar-refractivity contribution is 0.182. The summed E-state index contributed by atoms with van der Waals surface area (Å²) in [5.41, 5.74) is 6.32. The molecule has 1 aliphatic rings. The highest BCUT2D eigenvalue weighted by Gasteiger charge is 2.19. The molecule has 1 heterocycles. The zero-order valence-electron chi connectivity index (χ0n) is 9.66. The van der Waals surface area contributed by atoms with Crippen molar-refractivity contribution in [3.05, 3.63) is 35.4 Å². The highest BCUT2D eigenvalue weighted by molar-refractivity contribution is 5.19. The highest BCUT2D eigenvalue weighted by Crippen LogP contribution is 2.20. The minimum Gasteiger partial charge on any atom is -0.381 e. The van der Waals surface area contributed by atoms with Crippen LogP contribution in [-0.2, 0) is 11.2 Å². The predicted molar refractivity (Wildman–Crippen MR) is 61.6 cm³/mol. The summed E-state index contributed by atoms with van der Waals surface area (Å²) in [4.78, 5) is 0. The number of ether oxygens (including phenoxy) is 1. The van der Waals surface area contributed by atoms with Crippen LogP contribution in [-0.4, -0.2) is 19.3 Å². The number of hydrogen-bond acceptors (Lipinski definition) is 2. The van der Waals surface area contributed by atoms with Gasteiger partial charge in [-0.3, -0.25) is 0 Å². The Morgan fingerprint density at radius 3 is 2.94 bits per heavy atom. The van der Waals surface area contributed by atoms with Gasteiger partial charge >= 0.3 is 0 Å². The van der Waals surface area contributed by atoms with Crippen molar-refractivity contribution in [1.29, 1.82) is 0 Å². The molecule has 0 amide bonds. The van der Waals surface area contributed by atoms with Crippen LogP contribution in [0, 0.1) is 17.6 Å². The summed E-state index contributed by atoms with van der Waals surface area (Å²) in [7, 11) is 0. The van der Waals surface area contributed by atoms with E-state index in [9.17, 15) is 8.78 Å². The standard InChI is InChI=1S/C13H17F2NO/c14-11-1-2-13(15)10(6-11)7-12(16)5-9-3-4-17-8-9/h1-2,6,9,12H,3-5,7-8,16H2. The van der Waals surface area contributed by atoms with Gasteiger partial charge in [0.15, 0.2) is 0 Å². The molecule has 0 saturated carbocycles. The SMILES string of the molecule is NC(Cc1cc(F)ccc1F)CC1CCOC1. The highest BCUT2D eigenvalue weighted by atomic mass is 19.1. The molecule has 0 aliphatic carbocycles. The predicted octanol–water partition coefficient (Wildman–Crippen LogP) is 2.26. The maximum Gasteiger partial charge on any atom is 0.126 e. The summed E-state index contributed by atoms with van der Waals surface area (Å²) in [5, 5.41) is 0. The first-order chi connectivity index (χ1) is 8.15. The average Bonchev–Trinajstić information content (AvgIpc) is 2.76. The Balaban J connectivity index is 1.92. The molecule has 1 aliphatic heterocycles. The molecule has 1 aromatic rings. The van der Waals surface area contributed by atoms with Gasteiger partial charge in [-0.15, -0.1) is 0 Å². The number of rotatable bonds is 4. The summed E-state index contributed by atoms with van der Waals surface area (Å²) >= 11 is 0. The second-order valence-electron chi connectivity index (χ2n) is 4.67. The quantitative estimate of drug-likeness (QED) is 0.877. The van der Waals surface area contributed by atoms with E-state index in [4.69, 9.17) is 10.5 Å². The second kappa shape index (κ2) is 5.56. The lowest BCUT2D eigenvalue weighted by Gasteiger charge is -2.15. The first-order valence-corrected chi connectivity index (χ1v) is 5.92. The van der Waals surface area contributed by atoms with Gasteiger partial charge in [0.2, 0.25) is 0 Å². The minimum absolute atomic E-state index is 0.141. The fourth-order valence-corrected chi connectivity index (χ4v) is 2.26. The van der Waals surface area contributed by atoms with E-state index in [2.05, 4.69) is 0 Å². The third-order valence-corrected chi connectivity index (χ3v) is 3.15. The van der Waals surface area contributed by atoms with Gasteiger partial charge in [-0.1, -0.05) is 0 Å². The van der Waals surface area contributed by atoms with Crippen molar-refractivity contribution in [3.63, 3.8) is 0 Å². The first-order valence-electron chi connectivity index (χ1n) is 5.92. The van der Waals surface area contributed by atoms with Crippen LogP contribution in [0.3, 0.4) is 0 Å². The Morgan fingerprint density at radius 1 is 1.41 bits per heavy atom. The van der Waals surface area contributed by atoms with Gasteiger partial charge in [0, 0.05) is 19.3 Å². The van der Waals surface area contributed by atoms with Crippen molar-refractivity contribution in [1.82, 2.24) is 0 Å². The fourth-order valence-electron chi connectivity index (χ4n) is 2.26. The van der Waals surface area contributed by atoms with Crippen molar-refractivity contribution >= 4 is 0 Å². The van der Waals surface area contributed by atoms with Crippen molar-refractivity contribution in [2.24, 2.45) is 11.7 Å². The van der Waals surface area contributed by atoms with Gasteiger partial charge in [0.25, 0.3) is 0 Å². The van der Waals surface area contributed by atoms with Crippen LogP contribution in [0.2, 0.25) is 0 Å². The molecular formula is C13H17F2NO. The summed E-state index contributed by atoms with van der Waals surface area (Å²) in [6.45, 7) is 1.52. The van der Waals surface area contributed by atoms with Gasteiger partial charge in [-0.25, -0.2) is 8.78 Å². The average molecular weight is 241 g/mol. The molecule has 2 atom stereocenters. The maximum atomic E-state index is 13.4. The fraction of sp³-hybridized carbons (Fsp3) is 0.538. The third kappa shape index (κ3) is 3.48. The molecule has 4 heteroatoms. The van der Waals surface area contributed by atoms with E-state index >= 15 is 0 Å². The molecule has 1 saturated heterocycles. The van der Waals surface area contributed by atoms with Gasteiger partial charge < -0.3 is 10.5 Å². The van der Waals surface area contributed by atoms with Crippen LogP contribution in [0.5, 0.6) is 0 Å². The van der Waals surface area contributed by atoms with Crippen molar-refractivity contribution in [2.45, 2.75) is 25.3 Å². The zero-order chi connectivity index (χ0) is 12.3. The van der Waals surface area contributed by atoms with Crippen LogP contribution >= 0.6 is 0 Å². The monoisotopic (exact) mass is 241 g/mol. The molecule has 0 bridgehead atoms. The van der Waals surface area contributed by atoms with Crippen molar-refractivity contribution in [3.8, 4) is 0 Å². The van der Waals surface area contributed by atoms with Gasteiger partial charge in [0.05, 0.1) is 0 Å². The van der Waals surface area contributed by atoms with E-state index in [0.29, 0.717) is 17.9 Å². The molecule has 1 fully saturated rings. The molecular weight excluding hydrogens is 224 g/mol. The van der Waals surface area contributed by atoms with Crippen LogP contribution in [0.4, 0.5) is 8.78 Å². The Bertz CT molecular complexity index is 378. The third-order valence-electron chi connectivity index (χ3n) is 3.15. The van der Waals surface area contributed by atoms with E-state index in [1.54, 1.807) is 0 Å². The molecule has 2 rings (SSSR count). The van der Waals surface area contributed by atoms with E-state index < -0.39 is 5.82 Å².